The Hall–Kier alpha value is -1.68. The summed E-state index contributed by atoms with van der Waals surface area (Å²) in [5, 5.41) is 4.13. The molecule has 0 spiro atoms. The van der Waals surface area contributed by atoms with E-state index in [-0.39, 0.29) is 0 Å². The van der Waals surface area contributed by atoms with Crippen LogP contribution in [-0.4, -0.2) is 23.0 Å². The Morgan fingerprint density at radius 2 is 2.05 bits per heavy atom. The topological polar surface area (TPSA) is 36.3 Å². The number of aryl methyl sites for hydroxylation is 1. The third-order valence-corrected chi connectivity index (χ3v) is 3.31. The average molecular weight is 295 g/mol. The van der Waals surface area contributed by atoms with E-state index in [1.807, 2.05) is 42.9 Å². The van der Waals surface area contributed by atoms with Crippen LogP contribution in [0.3, 0.4) is 0 Å². The number of ether oxygens (including phenoxy) is 2. The van der Waals surface area contributed by atoms with Crippen molar-refractivity contribution < 1.29 is 9.47 Å². The van der Waals surface area contributed by atoms with Gasteiger partial charge in [-0.1, -0.05) is 6.07 Å². The van der Waals surface area contributed by atoms with E-state index in [1.165, 1.54) is 0 Å². The molecule has 2 aromatic rings. The molecule has 1 aromatic heterocycles. The zero-order valence-corrected chi connectivity index (χ0v) is 12.6. The number of hydrogen-bond donors (Lipinski definition) is 0. The van der Waals surface area contributed by atoms with Crippen LogP contribution < -0.4 is 9.47 Å². The SMILES string of the molecule is CCOc1cc(CCl)ccc1OCCc1ccnn1C. The zero-order valence-electron chi connectivity index (χ0n) is 11.8. The lowest BCUT2D eigenvalue weighted by molar-refractivity contribution is 0.277. The molecule has 4 nitrogen and oxygen atoms in total. The van der Waals surface area contributed by atoms with E-state index in [0.29, 0.717) is 19.1 Å². The van der Waals surface area contributed by atoms with Gasteiger partial charge in [0.05, 0.1) is 13.2 Å². The molecular formula is C15H19ClN2O2. The first-order valence-corrected chi connectivity index (χ1v) is 7.19. The minimum Gasteiger partial charge on any atom is -0.490 e. The predicted octanol–water partition coefficient (Wildman–Crippen LogP) is 3.18. The van der Waals surface area contributed by atoms with Gasteiger partial charge in [-0.2, -0.15) is 5.10 Å². The fourth-order valence-electron chi connectivity index (χ4n) is 1.94. The van der Waals surface area contributed by atoms with Crippen molar-refractivity contribution in [3.63, 3.8) is 0 Å². The number of nitrogens with zero attached hydrogens (tertiary/aromatic N) is 2. The lowest BCUT2D eigenvalue weighted by atomic mass is 10.2. The van der Waals surface area contributed by atoms with Gasteiger partial charge in [0.15, 0.2) is 11.5 Å². The quantitative estimate of drug-likeness (QED) is 0.736. The molecule has 108 valence electrons. The first kappa shape index (κ1) is 14.7. The van der Waals surface area contributed by atoms with Gasteiger partial charge in [-0.15, -0.1) is 11.6 Å². The van der Waals surface area contributed by atoms with Crippen molar-refractivity contribution in [2.45, 2.75) is 19.2 Å². The van der Waals surface area contributed by atoms with Crippen molar-refractivity contribution in [2.24, 2.45) is 7.05 Å². The molecule has 0 amide bonds. The maximum atomic E-state index is 5.83. The first-order valence-electron chi connectivity index (χ1n) is 6.66. The summed E-state index contributed by atoms with van der Waals surface area (Å²) in [4.78, 5) is 0. The molecule has 0 radical (unpaired) electrons. The van der Waals surface area contributed by atoms with Crippen molar-refractivity contribution in [1.29, 1.82) is 0 Å². The molecule has 0 bridgehead atoms. The van der Waals surface area contributed by atoms with E-state index >= 15 is 0 Å². The summed E-state index contributed by atoms with van der Waals surface area (Å²) in [5.41, 5.74) is 2.16. The van der Waals surface area contributed by atoms with Crippen LogP contribution in [0.4, 0.5) is 0 Å². The maximum Gasteiger partial charge on any atom is 0.161 e. The number of benzene rings is 1. The van der Waals surface area contributed by atoms with Crippen molar-refractivity contribution >= 4 is 11.6 Å². The second-order valence-electron chi connectivity index (χ2n) is 4.39. The molecule has 0 N–H and O–H groups in total. The summed E-state index contributed by atoms with van der Waals surface area (Å²) < 4.78 is 13.2. The van der Waals surface area contributed by atoms with Crippen molar-refractivity contribution in [2.75, 3.05) is 13.2 Å². The molecule has 1 heterocycles. The fourth-order valence-corrected chi connectivity index (χ4v) is 2.10. The van der Waals surface area contributed by atoms with Crippen LogP contribution in [-0.2, 0) is 19.3 Å². The van der Waals surface area contributed by atoms with Gasteiger partial charge in [0, 0.05) is 31.2 Å². The van der Waals surface area contributed by atoms with Crippen LogP contribution in [0.15, 0.2) is 30.5 Å². The number of aromatic nitrogens is 2. The molecular weight excluding hydrogens is 276 g/mol. The highest BCUT2D eigenvalue weighted by molar-refractivity contribution is 6.17. The molecule has 1 aromatic carbocycles. The Kier molecular flexibility index (Phi) is 5.30. The van der Waals surface area contributed by atoms with Gasteiger partial charge in [0.25, 0.3) is 0 Å². The number of hydrogen-bond acceptors (Lipinski definition) is 3. The summed E-state index contributed by atoms with van der Waals surface area (Å²) in [6.07, 6.45) is 2.59. The second kappa shape index (κ2) is 7.20. The first-order chi connectivity index (χ1) is 9.74. The summed E-state index contributed by atoms with van der Waals surface area (Å²) in [5.74, 6) is 1.97. The van der Waals surface area contributed by atoms with Crippen LogP contribution in [0, 0.1) is 0 Å². The van der Waals surface area contributed by atoms with Gasteiger partial charge in [-0.25, -0.2) is 0 Å². The van der Waals surface area contributed by atoms with E-state index in [9.17, 15) is 0 Å². The molecule has 5 heteroatoms. The summed E-state index contributed by atoms with van der Waals surface area (Å²) in [6, 6.07) is 7.78. The van der Waals surface area contributed by atoms with E-state index in [0.717, 1.165) is 29.2 Å². The maximum absolute atomic E-state index is 5.83. The van der Waals surface area contributed by atoms with Crippen LogP contribution in [0.1, 0.15) is 18.2 Å². The molecule has 20 heavy (non-hydrogen) atoms. The molecule has 0 fully saturated rings. The van der Waals surface area contributed by atoms with Crippen LogP contribution in [0.25, 0.3) is 0 Å². The third kappa shape index (κ3) is 3.67. The molecule has 0 atom stereocenters. The summed E-state index contributed by atoms with van der Waals surface area (Å²) >= 11 is 5.83. The zero-order chi connectivity index (χ0) is 14.4. The van der Waals surface area contributed by atoms with Gasteiger partial charge in [-0.3, -0.25) is 4.68 Å². The van der Waals surface area contributed by atoms with Crippen molar-refractivity contribution in [3.05, 3.63) is 41.7 Å². The van der Waals surface area contributed by atoms with Crippen LogP contribution in [0.2, 0.25) is 0 Å². The highest BCUT2D eigenvalue weighted by Gasteiger charge is 2.07. The summed E-state index contributed by atoms with van der Waals surface area (Å²) in [7, 11) is 1.93. The fraction of sp³-hybridized carbons (Fsp3) is 0.400. The smallest absolute Gasteiger partial charge is 0.161 e. The normalized spacial score (nSPS) is 10.6. The number of halogens is 1. The van der Waals surface area contributed by atoms with Crippen molar-refractivity contribution in [1.82, 2.24) is 9.78 Å². The minimum absolute atomic E-state index is 0.468. The highest BCUT2D eigenvalue weighted by Crippen LogP contribution is 2.29. The standard InChI is InChI=1S/C15H19ClN2O2/c1-3-19-15-10-12(11-16)4-5-14(15)20-9-7-13-6-8-17-18(13)2/h4-6,8,10H,3,7,9,11H2,1-2H3. The molecule has 0 aliphatic heterocycles. The number of alkyl halides is 1. The summed E-state index contributed by atoms with van der Waals surface area (Å²) in [6.45, 7) is 3.14. The second-order valence-corrected chi connectivity index (χ2v) is 4.66. The Bertz CT molecular complexity index is 555. The number of rotatable bonds is 7. The Balaban J connectivity index is 1.99. The van der Waals surface area contributed by atoms with Crippen molar-refractivity contribution in [3.8, 4) is 11.5 Å². The highest BCUT2D eigenvalue weighted by atomic mass is 35.5. The van der Waals surface area contributed by atoms with E-state index in [4.69, 9.17) is 21.1 Å². The minimum atomic E-state index is 0.468. The van der Waals surface area contributed by atoms with Gasteiger partial charge >= 0.3 is 0 Å². The van der Waals surface area contributed by atoms with Gasteiger partial charge in [0.1, 0.15) is 0 Å². The molecule has 2 rings (SSSR count). The molecule has 0 saturated carbocycles. The van der Waals surface area contributed by atoms with E-state index in [1.54, 1.807) is 6.20 Å². The monoisotopic (exact) mass is 294 g/mol. The largest absolute Gasteiger partial charge is 0.490 e. The molecule has 0 aliphatic rings. The van der Waals surface area contributed by atoms with Gasteiger partial charge < -0.3 is 9.47 Å². The predicted molar refractivity (Wildman–Crippen MR) is 79.6 cm³/mol. The third-order valence-electron chi connectivity index (χ3n) is 3.00. The Labute approximate surface area is 124 Å². The van der Waals surface area contributed by atoms with Gasteiger partial charge in [-0.05, 0) is 30.7 Å². The Morgan fingerprint density at radius 1 is 1.20 bits per heavy atom. The Morgan fingerprint density at radius 3 is 2.70 bits per heavy atom. The van der Waals surface area contributed by atoms with E-state index < -0.39 is 0 Å². The van der Waals surface area contributed by atoms with Crippen LogP contribution in [0.5, 0.6) is 11.5 Å². The molecule has 0 saturated heterocycles. The van der Waals surface area contributed by atoms with E-state index in [2.05, 4.69) is 5.10 Å². The van der Waals surface area contributed by atoms with Gasteiger partial charge in [0.2, 0.25) is 0 Å². The average Bonchev–Trinajstić information content (AvgIpc) is 2.86. The lowest BCUT2D eigenvalue weighted by Crippen LogP contribution is -2.07. The molecule has 0 unspecified atom stereocenters. The molecule has 0 aliphatic carbocycles. The lowest BCUT2D eigenvalue weighted by Gasteiger charge is -2.13. The van der Waals surface area contributed by atoms with Crippen LogP contribution >= 0.6 is 11.6 Å².